The van der Waals surface area contributed by atoms with Crippen LogP contribution >= 0.6 is 0 Å². The van der Waals surface area contributed by atoms with Gasteiger partial charge in [0, 0.05) is 6.08 Å². The summed E-state index contributed by atoms with van der Waals surface area (Å²) in [6, 6.07) is 0. The number of aliphatic carboxylic acids is 1. The number of carbonyl (C=O) groups excluding carboxylic acids is 1. The van der Waals surface area contributed by atoms with Crippen molar-refractivity contribution in [2.45, 2.75) is 26.7 Å². The van der Waals surface area contributed by atoms with Crippen LogP contribution in [0, 0.1) is 5.92 Å². The molecule has 0 unspecified atom stereocenters. The van der Waals surface area contributed by atoms with Crippen LogP contribution in [0.15, 0.2) is 23.3 Å². The van der Waals surface area contributed by atoms with Crippen molar-refractivity contribution in [3.05, 3.63) is 23.3 Å². The maximum Gasteiger partial charge on any atom is 0.331 e. The van der Waals surface area contributed by atoms with Crippen LogP contribution in [0.3, 0.4) is 0 Å². The van der Waals surface area contributed by atoms with Crippen molar-refractivity contribution in [3.8, 4) is 0 Å². The van der Waals surface area contributed by atoms with E-state index in [9.17, 15) is 9.59 Å². The SMILES string of the molecule is CC(C)=CC[C@@H](CC1=CC(=O)OC1)C(=O)O. The number of carboxylic acids is 1. The van der Waals surface area contributed by atoms with Gasteiger partial charge in [0.1, 0.15) is 6.61 Å². The lowest BCUT2D eigenvalue weighted by Crippen LogP contribution is -2.14. The Morgan fingerprint density at radius 3 is 2.75 bits per heavy atom. The maximum atomic E-state index is 11.0. The Morgan fingerprint density at radius 1 is 1.62 bits per heavy atom. The van der Waals surface area contributed by atoms with Gasteiger partial charge in [-0.25, -0.2) is 4.79 Å². The first-order valence-electron chi connectivity index (χ1n) is 5.21. The van der Waals surface area contributed by atoms with Crippen LogP contribution in [0.5, 0.6) is 0 Å². The molecule has 0 radical (unpaired) electrons. The smallest absolute Gasteiger partial charge is 0.331 e. The monoisotopic (exact) mass is 224 g/mol. The van der Waals surface area contributed by atoms with Crippen molar-refractivity contribution in [1.82, 2.24) is 0 Å². The number of carboxylic acid groups (broad SMARTS) is 1. The molecular formula is C12H16O4. The van der Waals surface area contributed by atoms with Crippen molar-refractivity contribution in [1.29, 1.82) is 0 Å². The number of hydrogen-bond acceptors (Lipinski definition) is 3. The van der Waals surface area contributed by atoms with Gasteiger partial charge in [0.2, 0.25) is 0 Å². The Labute approximate surface area is 94.6 Å². The van der Waals surface area contributed by atoms with Gasteiger partial charge in [0.25, 0.3) is 0 Å². The van der Waals surface area contributed by atoms with E-state index in [0.29, 0.717) is 12.8 Å². The van der Waals surface area contributed by atoms with E-state index < -0.39 is 11.9 Å². The van der Waals surface area contributed by atoms with Crippen molar-refractivity contribution in [2.24, 2.45) is 5.92 Å². The molecule has 0 aliphatic carbocycles. The van der Waals surface area contributed by atoms with Crippen LogP contribution in [0.2, 0.25) is 0 Å². The minimum atomic E-state index is -0.835. The lowest BCUT2D eigenvalue weighted by Gasteiger charge is -2.10. The third-order valence-corrected chi connectivity index (χ3v) is 2.39. The third-order valence-electron chi connectivity index (χ3n) is 2.39. The van der Waals surface area contributed by atoms with E-state index in [1.807, 2.05) is 19.9 Å². The molecule has 4 heteroatoms. The topological polar surface area (TPSA) is 63.6 Å². The molecule has 0 bridgehead atoms. The molecule has 0 fully saturated rings. The molecular weight excluding hydrogens is 208 g/mol. The number of ether oxygens (including phenoxy) is 1. The molecule has 1 atom stereocenters. The first-order chi connectivity index (χ1) is 7.49. The van der Waals surface area contributed by atoms with E-state index in [1.54, 1.807) is 0 Å². The van der Waals surface area contributed by atoms with Gasteiger partial charge in [0.05, 0.1) is 5.92 Å². The Kier molecular flexibility index (Phi) is 4.28. The molecule has 0 aromatic rings. The molecule has 1 heterocycles. The summed E-state index contributed by atoms with van der Waals surface area (Å²) in [6.07, 6.45) is 4.16. The van der Waals surface area contributed by atoms with Crippen LogP contribution in [0.25, 0.3) is 0 Å². The summed E-state index contributed by atoms with van der Waals surface area (Å²) in [5, 5.41) is 9.03. The van der Waals surface area contributed by atoms with Gasteiger partial charge in [-0.15, -0.1) is 0 Å². The van der Waals surface area contributed by atoms with Gasteiger partial charge in [-0.05, 0) is 32.3 Å². The molecule has 0 amide bonds. The van der Waals surface area contributed by atoms with Gasteiger partial charge in [-0.2, -0.15) is 0 Å². The molecule has 4 nitrogen and oxygen atoms in total. The zero-order valence-electron chi connectivity index (χ0n) is 9.53. The first kappa shape index (κ1) is 12.5. The summed E-state index contributed by atoms with van der Waals surface area (Å²) in [5.41, 5.74) is 1.86. The largest absolute Gasteiger partial charge is 0.481 e. The summed E-state index contributed by atoms with van der Waals surface area (Å²) < 4.78 is 4.73. The number of esters is 1. The molecule has 1 N–H and O–H groups in total. The van der Waals surface area contributed by atoms with Crippen molar-refractivity contribution >= 4 is 11.9 Å². The van der Waals surface area contributed by atoms with Crippen molar-refractivity contribution in [2.75, 3.05) is 6.61 Å². The summed E-state index contributed by atoms with van der Waals surface area (Å²) in [4.78, 5) is 21.8. The van der Waals surface area contributed by atoms with E-state index in [-0.39, 0.29) is 12.6 Å². The number of allylic oxidation sites excluding steroid dienone is 2. The first-order valence-corrected chi connectivity index (χ1v) is 5.21. The Bertz CT molecular complexity index is 348. The lowest BCUT2D eigenvalue weighted by atomic mass is 9.96. The average Bonchev–Trinajstić information content (AvgIpc) is 2.57. The fourth-order valence-electron chi connectivity index (χ4n) is 1.50. The molecule has 0 saturated carbocycles. The van der Waals surface area contributed by atoms with E-state index in [0.717, 1.165) is 11.1 Å². The van der Waals surface area contributed by atoms with E-state index in [1.165, 1.54) is 6.08 Å². The van der Waals surface area contributed by atoms with Crippen LogP contribution in [0.1, 0.15) is 26.7 Å². The highest BCUT2D eigenvalue weighted by Crippen LogP contribution is 2.20. The minimum Gasteiger partial charge on any atom is -0.481 e. The lowest BCUT2D eigenvalue weighted by molar-refractivity contribution is -0.141. The summed E-state index contributed by atoms with van der Waals surface area (Å²) in [7, 11) is 0. The van der Waals surface area contributed by atoms with Gasteiger partial charge in [0.15, 0.2) is 0 Å². The zero-order valence-corrected chi connectivity index (χ0v) is 9.53. The molecule has 0 saturated heterocycles. The van der Waals surface area contributed by atoms with Crippen LogP contribution in [-0.2, 0) is 14.3 Å². The molecule has 88 valence electrons. The van der Waals surface area contributed by atoms with Gasteiger partial charge in [-0.3, -0.25) is 4.79 Å². The molecule has 0 aromatic heterocycles. The Morgan fingerprint density at radius 2 is 2.31 bits per heavy atom. The number of cyclic esters (lactones) is 1. The molecule has 16 heavy (non-hydrogen) atoms. The minimum absolute atomic E-state index is 0.234. The molecule has 1 rings (SSSR count). The molecule has 1 aliphatic heterocycles. The predicted molar refractivity (Wildman–Crippen MR) is 58.8 cm³/mol. The number of carbonyl (C=O) groups is 2. The van der Waals surface area contributed by atoms with Crippen LogP contribution in [0.4, 0.5) is 0 Å². The standard InChI is InChI=1S/C12H16O4/c1-8(2)3-4-10(12(14)15)5-9-6-11(13)16-7-9/h3,6,10H,4-5,7H2,1-2H3,(H,14,15)/t10-/m0/s1. The van der Waals surface area contributed by atoms with Crippen molar-refractivity contribution < 1.29 is 19.4 Å². The van der Waals surface area contributed by atoms with Gasteiger partial charge in [-0.1, -0.05) is 11.6 Å². The average molecular weight is 224 g/mol. The second kappa shape index (κ2) is 5.49. The normalized spacial score (nSPS) is 16.4. The second-order valence-electron chi connectivity index (χ2n) is 4.17. The fraction of sp³-hybridized carbons (Fsp3) is 0.500. The summed E-state index contributed by atoms with van der Waals surface area (Å²) in [6.45, 7) is 4.10. The third kappa shape index (κ3) is 3.88. The van der Waals surface area contributed by atoms with Crippen LogP contribution in [-0.4, -0.2) is 23.7 Å². The van der Waals surface area contributed by atoms with Gasteiger partial charge < -0.3 is 9.84 Å². The number of rotatable bonds is 5. The fourth-order valence-corrected chi connectivity index (χ4v) is 1.50. The van der Waals surface area contributed by atoms with Crippen LogP contribution < -0.4 is 0 Å². The van der Waals surface area contributed by atoms with E-state index >= 15 is 0 Å². The molecule has 0 spiro atoms. The molecule has 1 aliphatic rings. The predicted octanol–water partition coefficient (Wildman–Crippen LogP) is 1.92. The Balaban J connectivity index is 2.58. The maximum absolute atomic E-state index is 11.0. The number of hydrogen-bond donors (Lipinski definition) is 1. The highest BCUT2D eigenvalue weighted by atomic mass is 16.5. The Hall–Kier alpha value is -1.58. The van der Waals surface area contributed by atoms with Crippen molar-refractivity contribution in [3.63, 3.8) is 0 Å². The van der Waals surface area contributed by atoms with E-state index in [2.05, 4.69) is 0 Å². The summed E-state index contributed by atoms with van der Waals surface area (Å²) in [5.74, 6) is -1.69. The highest BCUT2D eigenvalue weighted by molar-refractivity contribution is 5.85. The van der Waals surface area contributed by atoms with Gasteiger partial charge >= 0.3 is 11.9 Å². The quantitative estimate of drug-likeness (QED) is 0.572. The van der Waals surface area contributed by atoms with E-state index in [4.69, 9.17) is 9.84 Å². The summed E-state index contributed by atoms with van der Waals surface area (Å²) >= 11 is 0. The highest BCUT2D eigenvalue weighted by Gasteiger charge is 2.21. The molecule has 0 aromatic carbocycles. The second-order valence-corrected chi connectivity index (χ2v) is 4.17. The zero-order chi connectivity index (χ0) is 12.1.